The van der Waals surface area contributed by atoms with Crippen molar-refractivity contribution in [3.8, 4) is 0 Å². The average Bonchev–Trinajstić information content (AvgIpc) is 3.69. The minimum absolute atomic E-state index is 0.423. The smallest absolute Gasteiger partial charge is 0.341 e. The van der Waals surface area contributed by atoms with Gasteiger partial charge in [0.05, 0.1) is 0 Å². The average molecular weight is 586 g/mol. The van der Waals surface area contributed by atoms with Crippen molar-refractivity contribution in [3.63, 3.8) is 0 Å². The third kappa shape index (κ3) is 14.7. The lowest BCUT2D eigenvalue weighted by molar-refractivity contribution is -0.130. The van der Waals surface area contributed by atoms with Crippen molar-refractivity contribution in [3.05, 3.63) is 95.1 Å². The maximum absolute atomic E-state index is 10.8. The summed E-state index contributed by atoms with van der Waals surface area (Å²) in [7, 11) is 0. The first kappa shape index (κ1) is 38.9. The van der Waals surface area contributed by atoms with Crippen molar-refractivity contribution in [2.24, 2.45) is 4.99 Å². The molecule has 1 aromatic carbocycles. The maximum atomic E-state index is 10.8. The predicted octanol–water partition coefficient (Wildman–Crippen LogP) is 11.5. The second-order valence-electron chi connectivity index (χ2n) is 10.6. The van der Waals surface area contributed by atoms with Gasteiger partial charge in [0.15, 0.2) is 0 Å². The minimum Gasteiger partial charge on any atom is -0.341 e. The maximum Gasteiger partial charge on any atom is 0.388 e. The van der Waals surface area contributed by atoms with Gasteiger partial charge in [0.2, 0.25) is 0 Å². The number of halogens is 3. The number of anilines is 1. The summed E-state index contributed by atoms with van der Waals surface area (Å²) in [6, 6.07) is 10.8. The molecule has 0 aliphatic heterocycles. The first-order valence-electron chi connectivity index (χ1n) is 15.1. The van der Waals surface area contributed by atoms with Gasteiger partial charge in [-0.15, -0.1) is 0 Å². The largest absolute Gasteiger partial charge is 0.388 e. The number of hydrogen-bond donors (Lipinski definition) is 1. The molecule has 1 saturated carbocycles. The molecule has 6 heteroatoms. The Bertz CT molecular complexity index is 1190. The molecule has 234 valence electrons. The zero-order valence-electron chi connectivity index (χ0n) is 27.7. The topological polar surface area (TPSA) is 37.3 Å². The van der Waals surface area contributed by atoms with E-state index in [0.717, 1.165) is 48.7 Å². The number of nitrogens with zero attached hydrogens (tertiary/aromatic N) is 2. The fourth-order valence-corrected chi connectivity index (χ4v) is 4.08. The Balaban J connectivity index is 0.000000722. The summed E-state index contributed by atoms with van der Waals surface area (Å²) in [4.78, 5) is 8.94. The van der Waals surface area contributed by atoms with Crippen LogP contribution in [-0.4, -0.2) is 16.9 Å². The normalized spacial score (nSPS) is 13.7. The van der Waals surface area contributed by atoms with Gasteiger partial charge >= 0.3 is 6.18 Å². The van der Waals surface area contributed by atoms with Gasteiger partial charge < -0.3 is 5.32 Å². The van der Waals surface area contributed by atoms with Gasteiger partial charge in [0, 0.05) is 35.1 Å². The van der Waals surface area contributed by atoms with Crippen molar-refractivity contribution < 1.29 is 13.2 Å². The molecule has 2 aromatic rings. The van der Waals surface area contributed by atoms with E-state index < -0.39 is 12.6 Å². The van der Waals surface area contributed by atoms with Crippen LogP contribution in [0.4, 0.5) is 18.9 Å². The lowest BCUT2D eigenvalue weighted by Crippen LogP contribution is -2.04. The zero-order valence-corrected chi connectivity index (χ0v) is 27.7. The molecule has 42 heavy (non-hydrogen) atoms. The molecule has 0 spiro atoms. The molecule has 1 aliphatic carbocycles. The van der Waals surface area contributed by atoms with Crippen LogP contribution in [0.1, 0.15) is 110 Å². The fraction of sp³-hybridized carbons (Fsp3) is 0.500. The van der Waals surface area contributed by atoms with Crippen molar-refractivity contribution >= 4 is 11.4 Å². The molecule has 1 fully saturated rings. The highest BCUT2D eigenvalue weighted by molar-refractivity contribution is 6.02. The third-order valence-corrected chi connectivity index (χ3v) is 6.77. The monoisotopic (exact) mass is 585 g/mol. The number of aryl methyl sites for hydroxylation is 3. The fourth-order valence-electron chi connectivity index (χ4n) is 4.08. The summed E-state index contributed by atoms with van der Waals surface area (Å²) in [6.45, 7) is 27.9. The van der Waals surface area contributed by atoms with Crippen molar-refractivity contribution in [1.29, 1.82) is 0 Å². The Kier molecular flexibility index (Phi) is 17.7. The summed E-state index contributed by atoms with van der Waals surface area (Å²) >= 11 is 0. The number of alkyl halides is 3. The van der Waals surface area contributed by atoms with Gasteiger partial charge in [-0.05, 0) is 105 Å². The molecule has 0 atom stereocenters. The van der Waals surface area contributed by atoms with Gasteiger partial charge in [-0.25, -0.2) is 4.99 Å². The molecular formula is C36H54F3N3. The molecule has 1 heterocycles. The van der Waals surface area contributed by atoms with E-state index in [-0.39, 0.29) is 0 Å². The SMILES string of the molecule is C=C(/N=C(C)\C(=C/C)C(=C)C)Nc1ccc(CC)c(CCC)c1.CC.CCC(F)(F)F.Cc1ccnc(C2(C)CC2)c1. The summed E-state index contributed by atoms with van der Waals surface area (Å²) < 4.78 is 32.4. The van der Waals surface area contributed by atoms with Gasteiger partial charge in [-0.1, -0.05) is 73.3 Å². The number of aromatic nitrogens is 1. The van der Waals surface area contributed by atoms with Crippen LogP contribution < -0.4 is 5.32 Å². The number of rotatable bonds is 9. The van der Waals surface area contributed by atoms with Crippen LogP contribution in [-0.2, 0) is 18.3 Å². The number of allylic oxidation sites excluding steroid dienone is 3. The Morgan fingerprint density at radius 2 is 1.64 bits per heavy atom. The highest BCUT2D eigenvalue weighted by Crippen LogP contribution is 2.46. The number of hydrogen-bond acceptors (Lipinski definition) is 3. The van der Waals surface area contributed by atoms with Crippen molar-refractivity contribution in [1.82, 2.24) is 4.98 Å². The molecule has 0 radical (unpaired) electrons. The van der Waals surface area contributed by atoms with E-state index in [4.69, 9.17) is 0 Å². The minimum atomic E-state index is -3.96. The molecule has 1 aliphatic rings. The van der Waals surface area contributed by atoms with Crippen molar-refractivity contribution in [2.45, 2.75) is 119 Å². The molecular weight excluding hydrogens is 531 g/mol. The molecule has 1 N–H and O–H groups in total. The number of nitrogens with one attached hydrogen (secondary N) is 1. The first-order valence-corrected chi connectivity index (χ1v) is 15.1. The Hall–Kier alpha value is -3.15. The Morgan fingerprint density at radius 1 is 1.05 bits per heavy atom. The summed E-state index contributed by atoms with van der Waals surface area (Å²) in [6.07, 6.45) is 5.19. The third-order valence-electron chi connectivity index (χ3n) is 6.77. The highest BCUT2D eigenvalue weighted by Gasteiger charge is 2.40. The van der Waals surface area contributed by atoms with Gasteiger partial charge in [0.1, 0.15) is 5.82 Å². The van der Waals surface area contributed by atoms with E-state index in [0.29, 0.717) is 11.2 Å². The quantitative estimate of drug-likeness (QED) is 0.235. The van der Waals surface area contributed by atoms with Gasteiger partial charge in [-0.3, -0.25) is 4.98 Å². The summed E-state index contributed by atoms with van der Waals surface area (Å²) in [5.41, 5.74) is 9.90. The number of pyridine rings is 1. The summed E-state index contributed by atoms with van der Waals surface area (Å²) in [5, 5.41) is 3.30. The lowest BCUT2D eigenvalue weighted by Gasteiger charge is -2.13. The zero-order chi connectivity index (χ0) is 32.5. The second kappa shape index (κ2) is 19.1. The molecule has 1 aromatic heterocycles. The Labute approximate surface area is 254 Å². The first-order chi connectivity index (χ1) is 19.7. The van der Waals surface area contributed by atoms with Crippen LogP contribution in [0, 0.1) is 6.92 Å². The molecule has 0 unspecified atom stereocenters. The van der Waals surface area contributed by atoms with E-state index >= 15 is 0 Å². The van der Waals surface area contributed by atoms with Crippen LogP contribution in [0.25, 0.3) is 0 Å². The van der Waals surface area contributed by atoms with E-state index in [9.17, 15) is 13.2 Å². The van der Waals surface area contributed by atoms with Gasteiger partial charge in [0.25, 0.3) is 0 Å². The van der Waals surface area contributed by atoms with E-state index in [2.05, 4.69) is 86.5 Å². The summed E-state index contributed by atoms with van der Waals surface area (Å²) in [5.74, 6) is 0.648. The molecule has 3 nitrogen and oxygen atoms in total. The lowest BCUT2D eigenvalue weighted by atomic mass is 10.0. The van der Waals surface area contributed by atoms with Crippen LogP contribution in [0.3, 0.4) is 0 Å². The van der Waals surface area contributed by atoms with Crippen LogP contribution in [0.15, 0.2) is 77.7 Å². The molecule has 0 saturated heterocycles. The van der Waals surface area contributed by atoms with E-state index in [1.54, 1.807) is 0 Å². The molecule has 0 amide bonds. The second-order valence-corrected chi connectivity index (χ2v) is 10.6. The van der Waals surface area contributed by atoms with Crippen LogP contribution in [0.5, 0.6) is 0 Å². The van der Waals surface area contributed by atoms with Crippen molar-refractivity contribution in [2.75, 3.05) is 5.32 Å². The van der Waals surface area contributed by atoms with Crippen LogP contribution >= 0.6 is 0 Å². The number of aliphatic imine (C=N–C) groups is 1. The predicted molar refractivity (Wildman–Crippen MR) is 178 cm³/mol. The standard InChI is InChI=1S/C21H30N2.C10H13N.C3H5F3.C2H6/c1-8-11-19-14-20(13-12-18(19)9-2)23-17(7)22-16(6)21(10-3)15(4)5;1-8-3-6-11-9(7-8)10(2)4-5-10;1-2-3(4,5)6;1-2/h10,12-14,23H,4,7-9,11H2,1-3,5-6H3;3,6-7H,4-5H2,1-2H3;2H2,1H3;1-2H3/b21-10-,22-16-;;;. The molecule has 0 bridgehead atoms. The van der Waals surface area contributed by atoms with E-state index in [1.165, 1.54) is 35.2 Å². The van der Waals surface area contributed by atoms with Crippen LogP contribution in [0.2, 0.25) is 0 Å². The van der Waals surface area contributed by atoms with Gasteiger partial charge in [-0.2, -0.15) is 13.2 Å². The number of benzene rings is 1. The van der Waals surface area contributed by atoms with E-state index in [1.807, 2.05) is 46.9 Å². The molecule has 3 rings (SSSR count). The Morgan fingerprint density at radius 3 is 2.07 bits per heavy atom. The highest BCUT2D eigenvalue weighted by atomic mass is 19.4.